The van der Waals surface area contributed by atoms with Gasteiger partial charge in [0.2, 0.25) is 0 Å². The van der Waals surface area contributed by atoms with Crippen LogP contribution in [0.25, 0.3) is 0 Å². The van der Waals surface area contributed by atoms with E-state index < -0.39 is 0 Å². The third-order valence-electron chi connectivity index (χ3n) is 4.96. The fraction of sp³-hybridized carbons (Fsp3) is 0.368. The van der Waals surface area contributed by atoms with E-state index in [2.05, 4.69) is 21.4 Å². The number of hydrogen-bond acceptors (Lipinski definition) is 6. The van der Waals surface area contributed by atoms with Gasteiger partial charge in [0.25, 0.3) is 5.91 Å². The third kappa shape index (κ3) is 3.31. The minimum atomic E-state index is -0.248. The number of rotatable bonds is 3. The molecule has 2 atom stereocenters. The molecule has 1 aromatic heterocycles. The maximum absolute atomic E-state index is 12.3. The van der Waals surface area contributed by atoms with Crippen molar-refractivity contribution in [3.8, 4) is 0 Å². The Morgan fingerprint density at radius 2 is 2.23 bits per heavy atom. The highest BCUT2D eigenvalue weighted by atomic mass is 32.2. The number of nitrogens with one attached hydrogen (secondary N) is 1. The van der Waals surface area contributed by atoms with Gasteiger partial charge in [0.05, 0.1) is 5.54 Å². The van der Waals surface area contributed by atoms with Crippen molar-refractivity contribution in [2.75, 3.05) is 11.1 Å². The van der Waals surface area contributed by atoms with Gasteiger partial charge in [-0.05, 0) is 42.5 Å². The van der Waals surface area contributed by atoms with Gasteiger partial charge in [0.15, 0.2) is 5.17 Å². The van der Waals surface area contributed by atoms with Crippen LogP contribution < -0.4 is 11.1 Å². The average Bonchev–Trinajstić information content (AvgIpc) is 3.07. The van der Waals surface area contributed by atoms with Crippen LogP contribution in [-0.4, -0.2) is 26.8 Å². The van der Waals surface area contributed by atoms with Crippen molar-refractivity contribution in [2.45, 2.75) is 32.2 Å². The van der Waals surface area contributed by atoms with Crippen LogP contribution in [0.3, 0.4) is 0 Å². The third-order valence-corrected chi connectivity index (χ3v) is 5.92. The Morgan fingerprint density at radius 3 is 3.04 bits per heavy atom. The summed E-state index contributed by atoms with van der Waals surface area (Å²) < 4.78 is 0. The van der Waals surface area contributed by atoms with Crippen LogP contribution >= 0.6 is 11.8 Å². The number of thioether (sulfide) groups is 1. The molecule has 136 valence electrons. The van der Waals surface area contributed by atoms with Gasteiger partial charge in [-0.1, -0.05) is 37.7 Å². The van der Waals surface area contributed by atoms with E-state index in [0.717, 1.165) is 29.8 Å². The smallest absolute Gasteiger partial charge is 0.274 e. The minimum absolute atomic E-state index is 0. The molecule has 26 heavy (non-hydrogen) atoms. The summed E-state index contributed by atoms with van der Waals surface area (Å²) in [6.07, 6.45) is 6.24. The van der Waals surface area contributed by atoms with Crippen LogP contribution in [0, 0.1) is 5.92 Å². The molecule has 2 heterocycles. The first-order valence-corrected chi connectivity index (χ1v) is 9.32. The second-order valence-electron chi connectivity index (χ2n) is 6.40. The molecule has 1 aromatic carbocycles. The topological polar surface area (TPSA) is 93.3 Å². The minimum Gasteiger partial charge on any atom is -0.379 e. The van der Waals surface area contributed by atoms with Crippen LogP contribution in [0.2, 0.25) is 0 Å². The number of carbonyl (C=O) groups excluding carboxylic acids is 1. The summed E-state index contributed by atoms with van der Waals surface area (Å²) in [4.78, 5) is 25.0. The Balaban J connectivity index is 0.00000196. The molecule has 2 aliphatic rings. The quantitative estimate of drug-likeness (QED) is 0.865. The summed E-state index contributed by atoms with van der Waals surface area (Å²) in [6.45, 7) is 0. The summed E-state index contributed by atoms with van der Waals surface area (Å²) in [5, 5.41) is 3.57. The van der Waals surface area contributed by atoms with E-state index >= 15 is 0 Å². The predicted octanol–water partition coefficient (Wildman–Crippen LogP) is 3.42. The van der Waals surface area contributed by atoms with Crippen LogP contribution in [0.4, 0.5) is 5.69 Å². The first-order chi connectivity index (χ1) is 12.2. The van der Waals surface area contributed by atoms with E-state index in [4.69, 9.17) is 10.7 Å². The summed E-state index contributed by atoms with van der Waals surface area (Å²) in [6, 6.07) is 9.54. The number of amides is 1. The Morgan fingerprint density at radius 1 is 1.35 bits per heavy atom. The molecule has 0 radical (unpaired) electrons. The van der Waals surface area contributed by atoms with Gasteiger partial charge < -0.3 is 11.1 Å². The molecule has 1 saturated carbocycles. The highest BCUT2D eigenvalue weighted by molar-refractivity contribution is 8.13. The number of nitrogens with zero attached hydrogens (tertiary/aromatic N) is 3. The van der Waals surface area contributed by atoms with E-state index in [9.17, 15) is 4.79 Å². The van der Waals surface area contributed by atoms with E-state index in [1.165, 1.54) is 12.7 Å². The Labute approximate surface area is 157 Å². The summed E-state index contributed by atoms with van der Waals surface area (Å²) in [5.74, 6) is 1.26. The lowest BCUT2D eigenvalue weighted by Crippen LogP contribution is -2.36. The molecular weight excluding hydrogens is 346 g/mol. The van der Waals surface area contributed by atoms with E-state index in [-0.39, 0.29) is 18.9 Å². The largest absolute Gasteiger partial charge is 0.379 e. The molecule has 0 spiro atoms. The molecule has 1 fully saturated rings. The molecular formula is C19H23N5OS. The molecule has 1 aliphatic heterocycles. The van der Waals surface area contributed by atoms with Gasteiger partial charge in [-0.25, -0.2) is 9.97 Å². The fourth-order valence-electron chi connectivity index (χ4n) is 3.78. The standard InChI is InChI=1S/C18H19N5OS.CH4/c19-17-23-18(7-2-4-13(18)10-25-17)12-3-1-5-14(9-12)22-16(24)15-6-8-20-11-21-15;/h1,3,5-6,8-9,11,13H,2,4,7,10H2,(H2,19,23)(H,22,24);1H4/t13-,18+;/m0./s1. The molecule has 1 aliphatic carbocycles. The van der Waals surface area contributed by atoms with Crippen LogP contribution in [0.5, 0.6) is 0 Å². The van der Waals surface area contributed by atoms with E-state index in [1.807, 2.05) is 18.2 Å². The van der Waals surface area contributed by atoms with Crippen LogP contribution in [-0.2, 0) is 5.54 Å². The first kappa shape index (κ1) is 18.4. The second kappa shape index (κ2) is 7.45. The van der Waals surface area contributed by atoms with Crippen LogP contribution in [0.1, 0.15) is 42.7 Å². The number of benzene rings is 1. The zero-order valence-electron chi connectivity index (χ0n) is 13.7. The highest BCUT2D eigenvalue weighted by Gasteiger charge is 2.46. The lowest BCUT2D eigenvalue weighted by Gasteiger charge is -2.36. The van der Waals surface area contributed by atoms with Crippen molar-refractivity contribution in [1.82, 2.24) is 9.97 Å². The SMILES string of the molecule is C.NC1=N[C@@]2(c3cccc(NC(=O)c4ccncn4)c3)CCC[C@H]2CS1. The van der Waals surface area contributed by atoms with E-state index in [1.54, 1.807) is 24.0 Å². The lowest BCUT2D eigenvalue weighted by molar-refractivity contribution is 0.102. The highest BCUT2D eigenvalue weighted by Crippen LogP contribution is 2.50. The van der Waals surface area contributed by atoms with Crippen LogP contribution in [0.15, 0.2) is 47.8 Å². The van der Waals surface area contributed by atoms with Crippen molar-refractivity contribution >= 4 is 28.5 Å². The monoisotopic (exact) mass is 369 g/mol. The Kier molecular flexibility index (Phi) is 5.27. The van der Waals surface area contributed by atoms with Gasteiger partial charge in [-0.15, -0.1) is 0 Å². The maximum Gasteiger partial charge on any atom is 0.274 e. The molecule has 3 N–H and O–H groups in total. The molecule has 4 rings (SSSR count). The molecule has 1 amide bonds. The van der Waals surface area contributed by atoms with Gasteiger partial charge in [-0.2, -0.15) is 0 Å². The predicted molar refractivity (Wildman–Crippen MR) is 106 cm³/mol. The molecule has 0 saturated heterocycles. The summed E-state index contributed by atoms with van der Waals surface area (Å²) in [7, 11) is 0. The number of nitrogens with two attached hydrogens (primary N) is 1. The van der Waals surface area contributed by atoms with Crippen molar-refractivity contribution in [3.05, 3.63) is 54.1 Å². The van der Waals surface area contributed by atoms with Gasteiger partial charge in [0, 0.05) is 17.6 Å². The number of carbonyl (C=O) groups is 1. The normalized spacial score (nSPS) is 24.2. The van der Waals surface area contributed by atoms with Gasteiger partial charge in [-0.3, -0.25) is 9.79 Å². The number of amidine groups is 1. The molecule has 7 heteroatoms. The number of hydrogen-bond donors (Lipinski definition) is 2. The number of anilines is 1. The van der Waals surface area contributed by atoms with Crippen molar-refractivity contribution in [2.24, 2.45) is 16.6 Å². The number of aliphatic imine (C=N–C) groups is 1. The second-order valence-corrected chi connectivity index (χ2v) is 7.44. The maximum atomic E-state index is 12.3. The Bertz CT molecular complexity index is 826. The molecule has 0 unspecified atom stereocenters. The van der Waals surface area contributed by atoms with E-state index in [0.29, 0.717) is 16.8 Å². The van der Waals surface area contributed by atoms with Crippen molar-refractivity contribution in [3.63, 3.8) is 0 Å². The molecule has 0 bridgehead atoms. The van der Waals surface area contributed by atoms with Crippen molar-refractivity contribution in [1.29, 1.82) is 0 Å². The molecule has 2 aromatic rings. The van der Waals surface area contributed by atoms with Gasteiger partial charge in [0.1, 0.15) is 12.0 Å². The van der Waals surface area contributed by atoms with Crippen molar-refractivity contribution < 1.29 is 4.79 Å². The average molecular weight is 369 g/mol. The Hall–Kier alpha value is -2.41. The zero-order valence-corrected chi connectivity index (χ0v) is 14.5. The zero-order chi connectivity index (χ0) is 17.3. The summed E-state index contributed by atoms with van der Waals surface area (Å²) in [5.41, 5.74) is 8.00. The summed E-state index contributed by atoms with van der Waals surface area (Å²) >= 11 is 1.64. The number of aromatic nitrogens is 2. The number of fused-ring (bicyclic) bond motifs is 1. The lowest BCUT2D eigenvalue weighted by atomic mass is 9.81. The first-order valence-electron chi connectivity index (χ1n) is 8.33. The fourth-order valence-corrected chi connectivity index (χ4v) is 4.82. The van der Waals surface area contributed by atoms with Gasteiger partial charge >= 0.3 is 0 Å². The molecule has 6 nitrogen and oxygen atoms in total.